The van der Waals surface area contributed by atoms with Crippen molar-refractivity contribution in [2.75, 3.05) is 11.6 Å². The van der Waals surface area contributed by atoms with Crippen LogP contribution >= 0.6 is 11.8 Å². The van der Waals surface area contributed by atoms with Crippen molar-refractivity contribution in [2.45, 2.75) is 62.6 Å². The highest BCUT2D eigenvalue weighted by Gasteiger charge is 2.38. The van der Waals surface area contributed by atoms with Crippen molar-refractivity contribution < 1.29 is 9.90 Å². The van der Waals surface area contributed by atoms with Crippen LogP contribution in [0.2, 0.25) is 0 Å². The molecule has 1 aliphatic carbocycles. The van der Waals surface area contributed by atoms with Crippen molar-refractivity contribution in [3.8, 4) is 0 Å². The van der Waals surface area contributed by atoms with E-state index < -0.39 is 6.09 Å². The van der Waals surface area contributed by atoms with Crippen LogP contribution in [0.4, 0.5) is 10.7 Å². The monoisotopic (exact) mass is 324 g/mol. The smallest absolute Gasteiger partial charge is 0.407 e. The molecule has 1 saturated carbocycles. The van der Waals surface area contributed by atoms with Crippen LogP contribution < -0.4 is 5.32 Å². The third-order valence-electron chi connectivity index (χ3n) is 3.90. The summed E-state index contributed by atoms with van der Waals surface area (Å²) in [4.78, 5) is 22.7. The van der Waals surface area contributed by atoms with Crippen molar-refractivity contribution in [1.29, 1.82) is 0 Å². The van der Waals surface area contributed by atoms with Crippen LogP contribution in [0.1, 0.15) is 40.0 Å². The summed E-state index contributed by atoms with van der Waals surface area (Å²) in [5, 5.41) is 12.8. The van der Waals surface area contributed by atoms with Gasteiger partial charge in [-0.15, -0.1) is 11.8 Å². The molecule has 0 saturated heterocycles. The molecule has 1 aliphatic rings. The first-order valence-electron chi connectivity index (χ1n) is 7.46. The highest BCUT2D eigenvalue weighted by Crippen LogP contribution is 2.30. The first kappa shape index (κ1) is 16.9. The standard InChI is InChI=1S/C15H24N4O2S/c1-15(2,3)19(14(20)21)11-6-5-10(7-11)18-13-16-8-12(22-4)9-17-13/h8-11H,5-7H2,1-4H3,(H,20,21)(H,16,17,18)/t10-,11-/m1/s1. The van der Waals surface area contributed by atoms with Gasteiger partial charge in [-0.05, 0) is 46.3 Å². The average molecular weight is 324 g/mol. The highest BCUT2D eigenvalue weighted by atomic mass is 32.2. The van der Waals surface area contributed by atoms with E-state index in [1.165, 1.54) is 0 Å². The van der Waals surface area contributed by atoms with Crippen molar-refractivity contribution >= 4 is 23.8 Å². The lowest BCUT2D eigenvalue weighted by Crippen LogP contribution is -2.50. The van der Waals surface area contributed by atoms with Gasteiger partial charge in [-0.3, -0.25) is 0 Å². The Hall–Kier alpha value is -1.50. The molecular weight excluding hydrogens is 300 g/mol. The molecule has 22 heavy (non-hydrogen) atoms. The molecule has 0 aromatic carbocycles. The van der Waals surface area contributed by atoms with E-state index in [4.69, 9.17) is 0 Å². The molecule has 0 bridgehead atoms. The molecule has 1 aromatic rings. The predicted molar refractivity (Wildman–Crippen MR) is 88.5 cm³/mol. The lowest BCUT2D eigenvalue weighted by molar-refractivity contribution is 0.0718. The predicted octanol–water partition coefficient (Wildman–Crippen LogP) is 3.31. The summed E-state index contributed by atoms with van der Waals surface area (Å²) in [7, 11) is 0. The summed E-state index contributed by atoms with van der Waals surface area (Å²) in [5.74, 6) is 0.612. The topological polar surface area (TPSA) is 78.4 Å². The van der Waals surface area contributed by atoms with Crippen LogP contribution in [0.3, 0.4) is 0 Å². The summed E-state index contributed by atoms with van der Waals surface area (Å²) in [6.07, 6.45) is 7.31. The van der Waals surface area contributed by atoms with Gasteiger partial charge in [0.1, 0.15) is 0 Å². The minimum Gasteiger partial charge on any atom is -0.465 e. The minimum atomic E-state index is -0.848. The van der Waals surface area contributed by atoms with Gasteiger partial charge in [-0.2, -0.15) is 0 Å². The van der Waals surface area contributed by atoms with Crippen LogP contribution in [0.25, 0.3) is 0 Å². The maximum Gasteiger partial charge on any atom is 0.407 e. The van der Waals surface area contributed by atoms with Crippen LogP contribution in [0.15, 0.2) is 17.3 Å². The number of carboxylic acid groups (broad SMARTS) is 1. The van der Waals surface area contributed by atoms with Gasteiger partial charge in [0.05, 0.1) is 0 Å². The van der Waals surface area contributed by atoms with Gasteiger partial charge in [0.2, 0.25) is 5.95 Å². The Morgan fingerprint density at radius 3 is 2.50 bits per heavy atom. The van der Waals surface area contributed by atoms with E-state index in [-0.39, 0.29) is 17.6 Å². The zero-order chi connectivity index (χ0) is 16.3. The van der Waals surface area contributed by atoms with Crippen LogP contribution in [-0.2, 0) is 0 Å². The number of nitrogens with one attached hydrogen (secondary N) is 1. The maximum absolute atomic E-state index is 11.5. The van der Waals surface area contributed by atoms with Crippen molar-refractivity contribution in [2.24, 2.45) is 0 Å². The van der Waals surface area contributed by atoms with E-state index in [2.05, 4.69) is 15.3 Å². The summed E-state index contributed by atoms with van der Waals surface area (Å²) in [6, 6.07) is 0.259. The molecule has 6 nitrogen and oxygen atoms in total. The molecule has 0 spiro atoms. The highest BCUT2D eigenvalue weighted by molar-refractivity contribution is 7.98. The molecular formula is C15H24N4O2S. The molecule has 0 unspecified atom stereocenters. The fourth-order valence-electron chi connectivity index (χ4n) is 2.99. The number of carbonyl (C=O) groups is 1. The molecule has 7 heteroatoms. The largest absolute Gasteiger partial charge is 0.465 e. The molecule has 2 N–H and O–H groups in total. The Balaban J connectivity index is 1.98. The summed E-state index contributed by atoms with van der Waals surface area (Å²) in [6.45, 7) is 5.81. The average Bonchev–Trinajstić information content (AvgIpc) is 2.85. The SMILES string of the molecule is CSc1cnc(N[C@@H]2CC[C@@H](N(C(=O)O)C(C)(C)C)C2)nc1. The first-order chi connectivity index (χ1) is 10.3. The Labute approximate surface area is 135 Å². The van der Waals surface area contributed by atoms with Gasteiger partial charge >= 0.3 is 6.09 Å². The molecule has 122 valence electrons. The third-order valence-corrected chi connectivity index (χ3v) is 4.58. The zero-order valence-corrected chi connectivity index (χ0v) is 14.4. The van der Waals surface area contributed by atoms with Gasteiger partial charge < -0.3 is 15.3 Å². The lowest BCUT2D eigenvalue weighted by Gasteiger charge is -2.38. The fourth-order valence-corrected chi connectivity index (χ4v) is 3.31. The number of rotatable bonds is 4. The molecule has 1 heterocycles. The molecule has 2 rings (SSSR count). The second-order valence-electron chi connectivity index (χ2n) is 6.58. The second-order valence-corrected chi connectivity index (χ2v) is 7.46. The van der Waals surface area contributed by atoms with Crippen LogP contribution in [0.5, 0.6) is 0 Å². The number of anilines is 1. The number of nitrogens with zero attached hydrogens (tertiary/aromatic N) is 3. The first-order valence-corrected chi connectivity index (χ1v) is 8.68. The Morgan fingerprint density at radius 1 is 1.36 bits per heavy atom. The van der Waals surface area contributed by atoms with Crippen LogP contribution in [-0.4, -0.2) is 49.9 Å². The maximum atomic E-state index is 11.5. The summed E-state index contributed by atoms with van der Waals surface area (Å²) >= 11 is 1.61. The number of amides is 1. The number of thioether (sulfide) groups is 1. The zero-order valence-electron chi connectivity index (χ0n) is 13.5. The molecule has 1 amide bonds. The van der Waals surface area contributed by atoms with E-state index >= 15 is 0 Å². The van der Waals surface area contributed by atoms with E-state index in [1.807, 2.05) is 27.0 Å². The van der Waals surface area contributed by atoms with E-state index in [0.717, 1.165) is 24.2 Å². The summed E-state index contributed by atoms with van der Waals surface area (Å²) in [5.41, 5.74) is -0.387. The number of hydrogen-bond acceptors (Lipinski definition) is 5. The molecule has 2 atom stereocenters. The van der Waals surface area contributed by atoms with Gasteiger partial charge in [-0.1, -0.05) is 0 Å². The van der Waals surface area contributed by atoms with Crippen molar-refractivity contribution in [3.63, 3.8) is 0 Å². The Bertz CT molecular complexity index is 515. The minimum absolute atomic E-state index is 0.0421. The Morgan fingerprint density at radius 2 is 2.00 bits per heavy atom. The summed E-state index contributed by atoms with van der Waals surface area (Å²) < 4.78 is 0. The fraction of sp³-hybridized carbons (Fsp3) is 0.667. The van der Waals surface area contributed by atoms with Gasteiger partial charge in [-0.25, -0.2) is 14.8 Å². The molecule has 0 radical (unpaired) electrons. The van der Waals surface area contributed by atoms with E-state index in [9.17, 15) is 9.90 Å². The van der Waals surface area contributed by atoms with E-state index in [1.54, 1.807) is 29.1 Å². The van der Waals surface area contributed by atoms with Gasteiger partial charge in [0, 0.05) is 34.9 Å². The molecule has 1 aromatic heterocycles. The number of aromatic nitrogens is 2. The van der Waals surface area contributed by atoms with E-state index in [0.29, 0.717) is 5.95 Å². The molecule has 0 aliphatic heterocycles. The second kappa shape index (κ2) is 6.73. The lowest BCUT2D eigenvalue weighted by atomic mass is 10.0. The van der Waals surface area contributed by atoms with Crippen molar-refractivity contribution in [3.05, 3.63) is 12.4 Å². The van der Waals surface area contributed by atoms with Crippen molar-refractivity contribution in [1.82, 2.24) is 14.9 Å². The van der Waals surface area contributed by atoms with Gasteiger partial charge in [0.25, 0.3) is 0 Å². The third kappa shape index (κ3) is 4.03. The Kier molecular flexibility index (Phi) is 5.16. The number of hydrogen-bond donors (Lipinski definition) is 2. The van der Waals surface area contributed by atoms with Gasteiger partial charge in [0.15, 0.2) is 0 Å². The normalized spacial score (nSPS) is 21.6. The molecule has 1 fully saturated rings. The quantitative estimate of drug-likeness (QED) is 0.827. The van der Waals surface area contributed by atoms with Crippen LogP contribution in [0, 0.1) is 0 Å².